The van der Waals surface area contributed by atoms with Gasteiger partial charge in [-0.1, -0.05) is 41.4 Å². The molecule has 2 aromatic carbocycles. The molecule has 0 fully saturated rings. The van der Waals surface area contributed by atoms with Crippen LogP contribution < -0.4 is 10.5 Å². The van der Waals surface area contributed by atoms with Gasteiger partial charge in [-0.3, -0.25) is 0 Å². The minimum Gasteiger partial charge on any atom is -0.487 e. The van der Waals surface area contributed by atoms with Crippen LogP contribution in [-0.2, 0) is 6.61 Å². The number of ether oxygens (including phenoxy) is 1. The summed E-state index contributed by atoms with van der Waals surface area (Å²) in [6.07, 6.45) is 0. The first kappa shape index (κ1) is 14.2. The monoisotopic (exact) mass is 295 g/mol. The van der Waals surface area contributed by atoms with E-state index in [2.05, 4.69) is 0 Å². The molecule has 2 nitrogen and oxygen atoms in total. The normalized spacial score (nSPS) is 12.2. The molecular weight excluding hydrogens is 281 g/mol. The predicted molar refractivity (Wildman–Crippen MR) is 79.8 cm³/mol. The highest BCUT2D eigenvalue weighted by molar-refractivity contribution is 6.32. The second kappa shape index (κ2) is 6.29. The molecule has 0 saturated carbocycles. The minimum atomic E-state index is -0.0391. The average molecular weight is 296 g/mol. The average Bonchev–Trinajstić information content (AvgIpc) is 2.39. The Bertz CT molecular complexity index is 553. The van der Waals surface area contributed by atoms with Crippen LogP contribution >= 0.6 is 23.2 Å². The molecule has 2 aromatic rings. The molecule has 0 aliphatic carbocycles. The number of hydrogen-bond acceptors (Lipinski definition) is 2. The first-order valence-electron chi connectivity index (χ1n) is 5.98. The van der Waals surface area contributed by atoms with Gasteiger partial charge in [-0.15, -0.1) is 0 Å². The highest BCUT2D eigenvalue weighted by Crippen LogP contribution is 2.28. The van der Waals surface area contributed by atoms with Crippen LogP contribution in [0.25, 0.3) is 0 Å². The van der Waals surface area contributed by atoms with E-state index in [1.165, 1.54) is 0 Å². The van der Waals surface area contributed by atoms with Gasteiger partial charge in [0, 0.05) is 11.1 Å². The molecule has 100 valence electrons. The van der Waals surface area contributed by atoms with Crippen LogP contribution in [-0.4, -0.2) is 0 Å². The first-order chi connectivity index (χ1) is 9.06. The summed E-state index contributed by atoms with van der Waals surface area (Å²) < 4.78 is 5.68. The van der Waals surface area contributed by atoms with Gasteiger partial charge in [0.2, 0.25) is 0 Å². The number of nitrogens with two attached hydrogens (primary N) is 1. The lowest BCUT2D eigenvalue weighted by Crippen LogP contribution is -2.05. The van der Waals surface area contributed by atoms with E-state index < -0.39 is 0 Å². The lowest BCUT2D eigenvalue weighted by atomic mass is 10.1. The Kier molecular flexibility index (Phi) is 4.70. The van der Waals surface area contributed by atoms with Crippen LogP contribution in [0.15, 0.2) is 42.5 Å². The largest absolute Gasteiger partial charge is 0.487 e. The van der Waals surface area contributed by atoms with Crippen molar-refractivity contribution in [3.63, 3.8) is 0 Å². The maximum absolute atomic E-state index is 6.16. The van der Waals surface area contributed by atoms with Crippen LogP contribution in [0.5, 0.6) is 5.75 Å². The van der Waals surface area contributed by atoms with Gasteiger partial charge in [0.25, 0.3) is 0 Å². The van der Waals surface area contributed by atoms with Crippen LogP contribution in [0.4, 0.5) is 0 Å². The summed E-state index contributed by atoms with van der Waals surface area (Å²) in [4.78, 5) is 0. The zero-order valence-corrected chi connectivity index (χ0v) is 12.1. The first-order valence-corrected chi connectivity index (χ1v) is 6.74. The highest BCUT2D eigenvalue weighted by Gasteiger charge is 2.06. The van der Waals surface area contributed by atoms with Crippen molar-refractivity contribution in [2.45, 2.75) is 19.6 Å². The van der Waals surface area contributed by atoms with Gasteiger partial charge in [-0.25, -0.2) is 0 Å². The fourth-order valence-electron chi connectivity index (χ4n) is 1.66. The summed E-state index contributed by atoms with van der Waals surface area (Å²) in [6.45, 7) is 2.37. The molecule has 2 N–H and O–H groups in total. The molecule has 0 aliphatic heterocycles. The molecule has 0 unspecified atom stereocenters. The van der Waals surface area contributed by atoms with Gasteiger partial charge in [0.15, 0.2) is 0 Å². The molecule has 1 atom stereocenters. The molecule has 19 heavy (non-hydrogen) atoms. The summed E-state index contributed by atoms with van der Waals surface area (Å²) >= 11 is 12.0. The summed E-state index contributed by atoms with van der Waals surface area (Å²) in [6, 6.07) is 13.1. The van der Waals surface area contributed by atoms with E-state index in [1.807, 2.05) is 49.4 Å². The summed E-state index contributed by atoms with van der Waals surface area (Å²) in [5.41, 5.74) is 7.83. The van der Waals surface area contributed by atoms with Gasteiger partial charge in [0.05, 0.1) is 5.02 Å². The zero-order chi connectivity index (χ0) is 13.8. The highest BCUT2D eigenvalue weighted by atomic mass is 35.5. The molecular formula is C15H15Cl2NO. The fourth-order valence-corrected chi connectivity index (χ4v) is 2.03. The van der Waals surface area contributed by atoms with Crippen molar-refractivity contribution in [2.75, 3.05) is 0 Å². The van der Waals surface area contributed by atoms with Gasteiger partial charge < -0.3 is 10.5 Å². The molecule has 4 heteroatoms. The quantitative estimate of drug-likeness (QED) is 0.895. The van der Waals surface area contributed by atoms with Crippen LogP contribution in [0, 0.1) is 0 Å². The molecule has 0 aromatic heterocycles. The summed E-state index contributed by atoms with van der Waals surface area (Å²) in [7, 11) is 0. The van der Waals surface area contributed by atoms with Crippen molar-refractivity contribution in [3.8, 4) is 5.75 Å². The fraction of sp³-hybridized carbons (Fsp3) is 0.200. The predicted octanol–water partition coefficient (Wildman–Crippen LogP) is 4.59. The Morgan fingerprint density at radius 1 is 1.11 bits per heavy atom. The standard InChI is InChI=1S/C15H15Cl2NO/c1-10(18)12-4-7-15(14(17)8-12)19-9-11-2-5-13(16)6-3-11/h2-8,10H,9,18H2,1H3/t10-/m0/s1. The molecule has 0 heterocycles. The van der Waals surface area contributed by atoms with E-state index in [4.69, 9.17) is 33.7 Å². The Morgan fingerprint density at radius 3 is 2.37 bits per heavy atom. The van der Waals surface area contributed by atoms with E-state index >= 15 is 0 Å². The minimum absolute atomic E-state index is 0.0391. The second-order valence-electron chi connectivity index (χ2n) is 4.39. The van der Waals surface area contributed by atoms with Crippen molar-refractivity contribution < 1.29 is 4.74 Å². The van der Waals surface area contributed by atoms with Gasteiger partial charge in [-0.05, 0) is 42.3 Å². The third-order valence-electron chi connectivity index (χ3n) is 2.79. The maximum Gasteiger partial charge on any atom is 0.138 e. The lowest BCUT2D eigenvalue weighted by molar-refractivity contribution is 0.306. The maximum atomic E-state index is 6.16. The van der Waals surface area contributed by atoms with E-state index in [9.17, 15) is 0 Å². The second-order valence-corrected chi connectivity index (χ2v) is 5.24. The molecule has 0 saturated heterocycles. The van der Waals surface area contributed by atoms with Crippen molar-refractivity contribution in [1.82, 2.24) is 0 Å². The van der Waals surface area contributed by atoms with Gasteiger partial charge in [-0.2, -0.15) is 0 Å². The number of benzene rings is 2. The summed E-state index contributed by atoms with van der Waals surface area (Å²) in [5, 5.41) is 1.28. The third kappa shape index (κ3) is 3.87. The zero-order valence-electron chi connectivity index (χ0n) is 10.6. The molecule has 0 amide bonds. The van der Waals surface area contributed by atoms with Gasteiger partial charge in [0.1, 0.15) is 12.4 Å². The number of halogens is 2. The van der Waals surface area contributed by atoms with Crippen LogP contribution in [0.1, 0.15) is 24.1 Å². The Labute approximate surface area is 123 Å². The summed E-state index contributed by atoms with van der Waals surface area (Å²) in [5.74, 6) is 0.654. The Balaban J connectivity index is 2.05. The van der Waals surface area contributed by atoms with E-state index in [1.54, 1.807) is 0 Å². The van der Waals surface area contributed by atoms with Gasteiger partial charge >= 0.3 is 0 Å². The third-order valence-corrected chi connectivity index (χ3v) is 3.34. The Hall–Kier alpha value is -1.22. The number of hydrogen-bond donors (Lipinski definition) is 1. The molecule has 0 radical (unpaired) electrons. The van der Waals surface area contributed by atoms with Crippen LogP contribution in [0.3, 0.4) is 0 Å². The molecule has 0 bridgehead atoms. The lowest BCUT2D eigenvalue weighted by Gasteiger charge is -2.11. The number of rotatable bonds is 4. The molecule has 0 spiro atoms. The topological polar surface area (TPSA) is 35.2 Å². The Morgan fingerprint density at radius 2 is 1.79 bits per heavy atom. The molecule has 2 rings (SSSR count). The molecule has 0 aliphatic rings. The van der Waals surface area contributed by atoms with Crippen molar-refractivity contribution in [2.24, 2.45) is 5.73 Å². The van der Waals surface area contributed by atoms with Crippen molar-refractivity contribution in [1.29, 1.82) is 0 Å². The smallest absolute Gasteiger partial charge is 0.138 e. The van der Waals surface area contributed by atoms with Crippen molar-refractivity contribution in [3.05, 3.63) is 63.6 Å². The SMILES string of the molecule is C[C@H](N)c1ccc(OCc2ccc(Cl)cc2)c(Cl)c1. The van der Waals surface area contributed by atoms with Crippen LogP contribution in [0.2, 0.25) is 10.0 Å². The van der Waals surface area contributed by atoms with Crippen molar-refractivity contribution >= 4 is 23.2 Å². The van der Waals surface area contributed by atoms with E-state index in [-0.39, 0.29) is 6.04 Å². The van der Waals surface area contributed by atoms with E-state index in [0.29, 0.717) is 22.4 Å². The van der Waals surface area contributed by atoms with E-state index in [0.717, 1.165) is 11.1 Å².